The first kappa shape index (κ1) is 12.8. The lowest BCUT2D eigenvalue weighted by molar-refractivity contribution is 0.707. The minimum atomic E-state index is 0.564. The van der Waals surface area contributed by atoms with Crippen molar-refractivity contribution in [3.63, 3.8) is 0 Å². The van der Waals surface area contributed by atoms with Crippen molar-refractivity contribution in [2.45, 2.75) is 13.3 Å². The summed E-state index contributed by atoms with van der Waals surface area (Å²) in [6.07, 6.45) is 6.50. The number of anilines is 2. The molecule has 7 heteroatoms. The van der Waals surface area contributed by atoms with Gasteiger partial charge in [-0.05, 0) is 18.3 Å². The number of aromatic nitrogens is 5. The number of nitrogens with zero attached hydrogens (tertiary/aromatic N) is 6. The maximum atomic E-state index is 4.52. The average Bonchev–Trinajstić information content (AvgIpc) is 2.96. The molecule has 2 heterocycles. The molecule has 0 aromatic carbocycles. The van der Waals surface area contributed by atoms with E-state index >= 15 is 0 Å². The Balaban J connectivity index is 1.87. The Bertz CT molecular complexity index is 580. The van der Waals surface area contributed by atoms with Crippen molar-refractivity contribution in [3.8, 4) is 5.95 Å². The summed E-state index contributed by atoms with van der Waals surface area (Å²) in [6.45, 7) is 3.26. The molecule has 2 aromatic rings. The topological polar surface area (TPSA) is 71.8 Å². The molecule has 1 fully saturated rings. The van der Waals surface area contributed by atoms with Crippen LogP contribution in [0.5, 0.6) is 0 Å². The normalized spacial score (nSPS) is 20.8. The van der Waals surface area contributed by atoms with E-state index in [1.807, 2.05) is 13.2 Å². The molecule has 2 unspecified atom stereocenters. The summed E-state index contributed by atoms with van der Waals surface area (Å²) in [4.78, 5) is 19.4. The van der Waals surface area contributed by atoms with E-state index in [9.17, 15) is 0 Å². The van der Waals surface area contributed by atoms with Crippen molar-refractivity contribution in [3.05, 3.63) is 18.7 Å². The van der Waals surface area contributed by atoms with Crippen LogP contribution in [-0.2, 0) is 0 Å². The molecular formula is C13H19N7. The number of rotatable bonds is 5. The molecule has 1 aliphatic carbocycles. The van der Waals surface area contributed by atoms with Gasteiger partial charge in [0.1, 0.15) is 6.33 Å². The van der Waals surface area contributed by atoms with E-state index in [0.29, 0.717) is 17.8 Å². The SMILES string of the molecule is CNc1nc(N(C)CC2CC2C)nc(-n2ccnc2)n1. The Morgan fingerprint density at radius 3 is 2.80 bits per heavy atom. The van der Waals surface area contributed by atoms with E-state index in [4.69, 9.17) is 0 Å². The minimum absolute atomic E-state index is 0.564. The molecule has 0 bridgehead atoms. The van der Waals surface area contributed by atoms with Crippen LogP contribution in [0.1, 0.15) is 13.3 Å². The Hall–Kier alpha value is -2.18. The van der Waals surface area contributed by atoms with Crippen molar-refractivity contribution in [2.75, 3.05) is 30.9 Å². The fourth-order valence-electron chi connectivity index (χ4n) is 2.22. The molecule has 0 radical (unpaired) electrons. The molecule has 7 nitrogen and oxygen atoms in total. The third kappa shape index (κ3) is 2.56. The molecule has 2 aromatic heterocycles. The van der Waals surface area contributed by atoms with Gasteiger partial charge in [-0.2, -0.15) is 15.0 Å². The summed E-state index contributed by atoms with van der Waals surface area (Å²) in [5, 5.41) is 2.98. The molecule has 1 N–H and O–H groups in total. The van der Waals surface area contributed by atoms with Gasteiger partial charge in [0, 0.05) is 33.0 Å². The zero-order chi connectivity index (χ0) is 14.1. The summed E-state index contributed by atoms with van der Waals surface area (Å²) in [5.74, 6) is 3.40. The van der Waals surface area contributed by atoms with Crippen LogP contribution in [0.2, 0.25) is 0 Å². The average molecular weight is 273 g/mol. The fraction of sp³-hybridized carbons (Fsp3) is 0.538. The van der Waals surface area contributed by atoms with Crippen LogP contribution < -0.4 is 10.2 Å². The summed E-state index contributed by atoms with van der Waals surface area (Å²) in [5.41, 5.74) is 0. The maximum absolute atomic E-state index is 4.52. The van der Waals surface area contributed by atoms with Gasteiger partial charge in [-0.25, -0.2) is 4.98 Å². The number of hydrogen-bond donors (Lipinski definition) is 1. The van der Waals surface area contributed by atoms with Crippen LogP contribution in [0.4, 0.5) is 11.9 Å². The van der Waals surface area contributed by atoms with Crippen LogP contribution in [-0.4, -0.2) is 45.1 Å². The largest absolute Gasteiger partial charge is 0.357 e. The van der Waals surface area contributed by atoms with Crippen molar-refractivity contribution in [1.29, 1.82) is 0 Å². The van der Waals surface area contributed by atoms with Gasteiger partial charge in [-0.3, -0.25) is 4.57 Å². The van der Waals surface area contributed by atoms with Crippen LogP contribution >= 0.6 is 0 Å². The molecule has 1 aliphatic rings. The van der Waals surface area contributed by atoms with E-state index in [1.165, 1.54) is 6.42 Å². The fourth-order valence-corrected chi connectivity index (χ4v) is 2.22. The third-order valence-corrected chi connectivity index (χ3v) is 3.70. The first-order valence-electron chi connectivity index (χ1n) is 6.80. The van der Waals surface area contributed by atoms with Crippen molar-refractivity contribution >= 4 is 11.9 Å². The van der Waals surface area contributed by atoms with Crippen LogP contribution in [0, 0.1) is 11.8 Å². The van der Waals surface area contributed by atoms with E-state index in [2.05, 4.69) is 37.1 Å². The van der Waals surface area contributed by atoms with Gasteiger partial charge in [0.2, 0.25) is 17.8 Å². The van der Waals surface area contributed by atoms with E-state index in [1.54, 1.807) is 24.1 Å². The van der Waals surface area contributed by atoms with Gasteiger partial charge in [0.05, 0.1) is 0 Å². The molecule has 1 saturated carbocycles. The molecular weight excluding hydrogens is 254 g/mol. The van der Waals surface area contributed by atoms with E-state index in [0.717, 1.165) is 18.4 Å². The van der Waals surface area contributed by atoms with Gasteiger partial charge in [-0.1, -0.05) is 6.92 Å². The Kier molecular flexibility index (Phi) is 3.25. The van der Waals surface area contributed by atoms with Crippen molar-refractivity contribution in [2.24, 2.45) is 11.8 Å². The van der Waals surface area contributed by atoms with Gasteiger partial charge >= 0.3 is 0 Å². The summed E-state index contributed by atoms with van der Waals surface area (Å²) in [7, 11) is 3.83. The van der Waals surface area contributed by atoms with Gasteiger partial charge in [0.25, 0.3) is 0 Å². The quantitative estimate of drug-likeness (QED) is 0.882. The second-order valence-electron chi connectivity index (χ2n) is 5.33. The van der Waals surface area contributed by atoms with Gasteiger partial charge in [0.15, 0.2) is 0 Å². The van der Waals surface area contributed by atoms with Crippen LogP contribution in [0.25, 0.3) is 5.95 Å². The summed E-state index contributed by atoms with van der Waals surface area (Å²) in [6, 6.07) is 0. The highest BCUT2D eigenvalue weighted by atomic mass is 15.3. The predicted molar refractivity (Wildman–Crippen MR) is 77.0 cm³/mol. The highest BCUT2D eigenvalue weighted by Crippen LogP contribution is 2.38. The lowest BCUT2D eigenvalue weighted by Gasteiger charge is -2.18. The molecule has 0 spiro atoms. The number of imidazole rings is 1. The molecule has 0 saturated heterocycles. The monoisotopic (exact) mass is 273 g/mol. The highest BCUT2D eigenvalue weighted by Gasteiger charge is 2.33. The molecule has 3 rings (SSSR count). The maximum Gasteiger partial charge on any atom is 0.241 e. The third-order valence-electron chi connectivity index (χ3n) is 3.70. The van der Waals surface area contributed by atoms with Crippen molar-refractivity contribution in [1.82, 2.24) is 24.5 Å². The molecule has 20 heavy (non-hydrogen) atoms. The second-order valence-corrected chi connectivity index (χ2v) is 5.33. The van der Waals surface area contributed by atoms with Crippen molar-refractivity contribution < 1.29 is 0 Å². The van der Waals surface area contributed by atoms with Gasteiger partial charge in [-0.15, -0.1) is 0 Å². The van der Waals surface area contributed by atoms with Gasteiger partial charge < -0.3 is 10.2 Å². The summed E-state index contributed by atoms with van der Waals surface area (Å²) >= 11 is 0. The predicted octanol–water partition coefficient (Wildman–Crippen LogP) is 1.19. The first-order chi connectivity index (χ1) is 9.67. The lowest BCUT2D eigenvalue weighted by Crippen LogP contribution is -2.24. The minimum Gasteiger partial charge on any atom is -0.357 e. The molecule has 106 valence electrons. The summed E-state index contributed by atoms with van der Waals surface area (Å²) < 4.78 is 1.78. The number of hydrogen-bond acceptors (Lipinski definition) is 6. The Labute approximate surface area is 118 Å². The standard InChI is InChI=1S/C13H19N7/c1-9-6-10(9)7-19(3)12-16-11(14-2)17-13(18-12)20-5-4-15-8-20/h4-5,8-10H,6-7H2,1-3H3,(H,14,16,17,18). The zero-order valence-corrected chi connectivity index (χ0v) is 12.0. The van der Waals surface area contributed by atoms with E-state index < -0.39 is 0 Å². The highest BCUT2D eigenvalue weighted by molar-refractivity contribution is 5.39. The Morgan fingerprint density at radius 1 is 1.40 bits per heavy atom. The lowest BCUT2D eigenvalue weighted by atomic mass is 10.3. The van der Waals surface area contributed by atoms with Crippen LogP contribution in [0.15, 0.2) is 18.7 Å². The first-order valence-corrected chi connectivity index (χ1v) is 6.80. The zero-order valence-electron chi connectivity index (χ0n) is 12.0. The molecule has 0 aliphatic heterocycles. The molecule has 2 atom stereocenters. The Morgan fingerprint density at radius 2 is 2.20 bits per heavy atom. The van der Waals surface area contributed by atoms with E-state index in [-0.39, 0.29) is 0 Å². The smallest absolute Gasteiger partial charge is 0.241 e. The molecule has 0 amide bonds. The van der Waals surface area contributed by atoms with Crippen LogP contribution in [0.3, 0.4) is 0 Å². The number of nitrogens with one attached hydrogen (secondary N) is 1. The second kappa shape index (κ2) is 5.07.